The molecule has 0 spiro atoms. The molecule has 0 aliphatic rings. The lowest BCUT2D eigenvalue weighted by Gasteiger charge is -1.99. The van der Waals surface area contributed by atoms with Crippen LogP contribution in [0.25, 0.3) is 0 Å². The predicted octanol–water partition coefficient (Wildman–Crippen LogP) is 2.45. The Balaban J connectivity index is 3.01. The van der Waals surface area contributed by atoms with E-state index in [9.17, 15) is 4.79 Å². The maximum atomic E-state index is 10.8. The van der Waals surface area contributed by atoms with E-state index in [-0.39, 0.29) is 5.78 Å². The average Bonchev–Trinajstić information content (AvgIpc) is 2.07. The summed E-state index contributed by atoms with van der Waals surface area (Å²) in [6.07, 6.45) is 0.391. The number of hydrogen-bond acceptors (Lipinski definition) is 2. The van der Waals surface area contributed by atoms with Gasteiger partial charge in [-0.3, -0.25) is 4.79 Å². The van der Waals surface area contributed by atoms with Crippen molar-refractivity contribution in [3.8, 4) is 6.07 Å². The molecule has 1 aromatic rings. The van der Waals surface area contributed by atoms with Gasteiger partial charge < -0.3 is 0 Å². The van der Waals surface area contributed by atoms with Gasteiger partial charge in [0, 0.05) is 10.9 Å². The molecule has 0 amide bonds. The Bertz CT molecular complexity index is 379. The minimum absolute atomic E-state index is 0.103. The summed E-state index contributed by atoms with van der Waals surface area (Å²) < 4.78 is 0.766. The Morgan fingerprint density at radius 2 is 2.31 bits per heavy atom. The van der Waals surface area contributed by atoms with Crippen molar-refractivity contribution in [2.24, 2.45) is 0 Å². The molecule has 0 heterocycles. The van der Waals surface area contributed by atoms with Crippen molar-refractivity contribution in [3.05, 3.63) is 33.8 Å². The molecule has 66 valence electrons. The Kier molecular flexibility index (Phi) is 3.21. The number of Topliss-reactive ketones (excluding diaryl/α,β-unsaturated/α-hetero) is 1. The van der Waals surface area contributed by atoms with E-state index in [4.69, 9.17) is 5.26 Å². The van der Waals surface area contributed by atoms with E-state index in [1.54, 1.807) is 12.1 Å². The first-order valence-corrected chi connectivity index (χ1v) is 4.60. The summed E-state index contributed by atoms with van der Waals surface area (Å²) in [6, 6.07) is 7.41. The molecule has 1 rings (SSSR count). The normalized spacial score (nSPS) is 9.31. The van der Waals surface area contributed by atoms with Crippen molar-refractivity contribution in [1.29, 1.82) is 5.26 Å². The molecule has 13 heavy (non-hydrogen) atoms. The summed E-state index contributed by atoms with van der Waals surface area (Å²) in [7, 11) is 0. The number of rotatable bonds is 2. The zero-order valence-corrected chi connectivity index (χ0v) is 8.76. The molecule has 0 atom stereocenters. The quantitative estimate of drug-likeness (QED) is 0.793. The van der Waals surface area contributed by atoms with Gasteiger partial charge in [0.1, 0.15) is 11.9 Å². The van der Waals surface area contributed by atoms with Crippen LogP contribution in [-0.4, -0.2) is 5.78 Å². The molecule has 0 saturated carbocycles. The second-order valence-electron chi connectivity index (χ2n) is 2.80. The van der Waals surface area contributed by atoms with Crippen molar-refractivity contribution in [3.63, 3.8) is 0 Å². The third kappa shape index (κ3) is 2.67. The van der Waals surface area contributed by atoms with Gasteiger partial charge in [0.25, 0.3) is 0 Å². The van der Waals surface area contributed by atoms with E-state index < -0.39 is 0 Å². The third-order valence-corrected chi connectivity index (χ3v) is 2.30. The lowest BCUT2D eigenvalue weighted by molar-refractivity contribution is -0.116. The largest absolute Gasteiger partial charge is 0.300 e. The second kappa shape index (κ2) is 4.20. The van der Waals surface area contributed by atoms with Crippen molar-refractivity contribution in [2.75, 3.05) is 0 Å². The summed E-state index contributed by atoms with van der Waals surface area (Å²) in [4.78, 5) is 10.8. The number of ketones is 1. The van der Waals surface area contributed by atoms with Gasteiger partial charge in [0.05, 0.1) is 5.56 Å². The fourth-order valence-corrected chi connectivity index (χ4v) is 1.39. The Hall–Kier alpha value is -1.14. The number of nitriles is 1. The summed E-state index contributed by atoms with van der Waals surface area (Å²) in [5.41, 5.74) is 1.45. The summed E-state index contributed by atoms with van der Waals surface area (Å²) in [6.45, 7) is 1.54. The molecule has 0 aliphatic carbocycles. The summed E-state index contributed by atoms with van der Waals surface area (Å²) in [5, 5.41) is 8.71. The van der Waals surface area contributed by atoms with E-state index in [1.165, 1.54) is 6.92 Å². The molecule has 0 bridgehead atoms. The smallest absolute Gasteiger partial charge is 0.134 e. The monoisotopic (exact) mass is 237 g/mol. The number of carbonyl (C=O) groups excluding carboxylic acids is 1. The minimum Gasteiger partial charge on any atom is -0.300 e. The number of hydrogen-bond donors (Lipinski definition) is 0. The summed E-state index contributed by atoms with van der Waals surface area (Å²) >= 11 is 3.25. The van der Waals surface area contributed by atoms with Crippen LogP contribution in [0.4, 0.5) is 0 Å². The van der Waals surface area contributed by atoms with Gasteiger partial charge in [-0.1, -0.05) is 6.07 Å². The molecule has 0 aliphatic heterocycles. The maximum absolute atomic E-state index is 10.8. The highest BCUT2D eigenvalue weighted by Gasteiger charge is 2.02. The summed E-state index contributed by atoms with van der Waals surface area (Å²) in [5.74, 6) is 0.103. The van der Waals surface area contributed by atoms with Crippen molar-refractivity contribution >= 4 is 21.7 Å². The third-order valence-electron chi connectivity index (χ3n) is 1.60. The van der Waals surface area contributed by atoms with Crippen LogP contribution in [-0.2, 0) is 11.2 Å². The molecular formula is C10H8BrNO. The van der Waals surface area contributed by atoms with Crippen LogP contribution >= 0.6 is 15.9 Å². The second-order valence-corrected chi connectivity index (χ2v) is 3.66. The van der Waals surface area contributed by atoms with Crippen LogP contribution in [0.15, 0.2) is 22.7 Å². The van der Waals surface area contributed by atoms with Gasteiger partial charge in [-0.05, 0) is 40.5 Å². The fourth-order valence-electron chi connectivity index (χ4n) is 1.06. The molecule has 0 saturated heterocycles. The van der Waals surface area contributed by atoms with Crippen molar-refractivity contribution in [2.45, 2.75) is 13.3 Å². The van der Waals surface area contributed by atoms with Gasteiger partial charge in [0.15, 0.2) is 0 Å². The van der Waals surface area contributed by atoms with Gasteiger partial charge in [-0.15, -0.1) is 0 Å². The molecule has 3 heteroatoms. The standard InChI is InChI=1S/C10H8BrNO/c1-7(13)4-8-2-3-10(11)9(5-8)6-12/h2-3,5H,4H2,1H3. The first kappa shape index (κ1) is 9.94. The van der Waals surface area contributed by atoms with E-state index in [2.05, 4.69) is 22.0 Å². The molecule has 1 aromatic carbocycles. The highest BCUT2D eigenvalue weighted by atomic mass is 79.9. The van der Waals surface area contributed by atoms with Crippen molar-refractivity contribution < 1.29 is 4.79 Å². The molecule has 0 unspecified atom stereocenters. The Morgan fingerprint density at radius 1 is 1.62 bits per heavy atom. The lowest BCUT2D eigenvalue weighted by Crippen LogP contribution is -1.96. The average molecular weight is 238 g/mol. The van der Waals surface area contributed by atoms with Crippen LogP contribution in [0, 0.1) is 11.3 Å². The fraction of sp³-hybridized carbons (Fsp3) is 0.200. The number of carbonyl (C=O) groups is 1. The maximum Gasteiger partial charge on any atom is 0.134 e. The number of halogens is 1. The number of nitrogens with zero attached hydrogens (tertiary/aromatic N) is 1. The molecule has 0 fully saturated rings. The van der Waals surface area contributed by atoms with Crippen LogP contribution in [0.1, 0.15) is 18.1 Å². The Labute approximate surface area is 85.3 Å². The molecular weight excluding hydrogens is 230 g/mol. The van der Waals surface area contributed by atoms with Crippen molar-refractivity contribution in [1.82, 2.24) is 0 Å². The SMILES string of the molecule is CC(=O)Cc1ccc(Br)c(C#N)c1. The van der Waals surface area contributed by atoms with Crippen LogP contribution in [0.3, 0.4) is 0 Å². The first-order valence-electron chi connectivity index (χ1n) is 3.81. The highest BCUT2D eigenvalue weighted by molar-refractivity contribution is 9.10. The molecule has 0 N–H and O–H groups in total. The molecule has 2 nitrogen and oxygen atoms in total. The van der Waals surface area contributed by atoms with E-state index >= 15 is 0 Å². The highest BCUT2D eigenvalue weighted by Crippen LogP contribution is 2.17. The van der Waals surface area contributed by atoms with E-state index in [1.807, 2.05) is 6.07 Å². The Morgan fingerprint density at radius 3 is 2.85 bits per heavy atom. The van der Waals surface area contributed by atoms with Gasteiger partial charge >= 0.3 is 0 Å². The van der Waals surface area contributed by atoms with Crippen LogP contribution < -0.4 is 0 Å². The van der Waals surface area contributed by atoms with E-state index in [0.717, 1.165) is 10.0 Å². The molecule has 0 aromatic heterocycles. The van der Waals surface area contributed by atoms with Crippen LogP contribution in [0.5, 0.6) is 0 Å². The minimum atomic E-state index is 0.103. The van der Waals surface area contributed by atoms with Gasteiger partial charge in [-0.25, -0.2) is 0 Å². The number of benzene rings is 1. The zero-order chi connectivity index (χ0) is 9.84. The zero-order valence-electron chi connectivity index (χ0n) is 7.17. The van der Waals surface area contributed by atoms with Crippen LogP contribution in [0.2, 0.25) is 0 Å². The molecule has 0 radical (unpaired) electrons. The predicted molar refractivity (Wildman–Crippen MR) is 53.2 cm³/mol. The topological polar surface area (TPSA) is 40.9 Å². The van der Waals surface area contributed by atoms with E-state index in [0.29, 0.717) is 12.0 Å². The first-order chi connectivity index (χ1) is 6.13. The van der Waals surface area contributed by atoms with Gasteiger partial charge in [-0.2, -0.15) is 5.26 Å². The lowest BCUT2D eigenvalue weighted by atomic mass is 10.1. The van der Waals surface area contributed by atoms with Gasteiger partial charge in [0.2, 0.25) is 0 Å².